The number of hydrogen-bond acceptors (Lipinski definition) is 3. The van der Waals surface area contributed by atoms with Crippen LogP contribution in [-0.2, 0) is 0 Å². The van der Waals surface area contributed by atoms with Gasteiger partial charge in [0.05, 0.1) is 0 Å². The molecule has 0 aliphatic carbocycles. The predicted octanol–water partition coefficient (Wildman–Crippen LogP) is 4.00. The molecule has 0 fully saturated rings. The number of rotatable bonds is 10. The zero-order valence-electron chi connectivity index (χ0n) is 10.7. The van der Waals surface area contributed by atoms with E-state index in [1.54, 1.807) is 6.92 Å². The summed E-state index contributed by atoms with van der Waals surface area (Å²) in [5, 5.41) is 28.1. The Morgan fingerprint density at radius 2 is 1.38 bits per heavy atom. The summed E-state index contributed by atoms with van der Waals surface area (Å²) in [5.74, 6) is 0. The smallest absolute Gasteiger partial charge is 0.149 e. The van der Waals surface area contributed by atoms with E-state index < -0.39 is 11.0 Å². The SMILES string of the molecule is CCCCCCCCCCC(C)[N+]([O-])(O)O. The van der Waals surface area contributed by atoms with Gasteiger partial charge in [0, 0.05) is 6.42 Å². The first-order valence-electron chi connectivity index (χ1n) is 6.53. The van der Waals surface area contributed by atoms with Crippen molar-refractivity contribution in [3.63, 3.8) is 0 Å². The Hall–Kier alpha value is -0.160. The van der Waals surface area contributed by atoms with E-state index in [4.69, 9.17) is 10.4 Å². The van der Waals surface area contributed by atoms with E-state index in [0.717, 1.165) is 12.8 Å². The van der Waals surface area contributed by atoms with Gasteiger partial charge in [0.1, 0.15) is 6.04 Å². The highest BCUT2D eigenvalue weighted by atomic mass is 17.1. The lowest BCUT2D eigenvalue weighted by atomic mass is 10.1. The zero-order valence-corrected chi connectivity index (χ0v) is 10.7. The quantitative estimate of drug-likeness (QED) is 0.340. The van der Waals surface area contributed by atoms with Crippen LogP contribution in [-0.4, -0.2) is 21.4 Å². The van der Waals surface area contributed by atoms with Gasteiger partial charge in [-0.15, -0.1) is 0 Å². The van der Waals surface area contributed by atoms with Gasteiger partial charge in [-0.2, -0.15) is 10.4 Å². The molecule has 0 aromatic rings. The second kappa shape index (κ2) is 8.93. The summed E-state index contributed by atoms with van der Waals surface area (Å²) in [7, 11) is 0. The maximum atomic E-state index is 10.7. The molecule has 0 aromatic heterocycles. The minimum Gasteiger partial charge on any atom is -0.564 e. The third-order valence-corrected chi connectivity index (χ3v) is 3.05. The average Bonchev–Trinajstić information content (AvgIpc) is 2.20. The molecule has 0 aromatic carbocycles. The molecule has 4 heteroatoms. The van der Waals surface area contributed by atoms with Crippen molar-refractivity contribution in [1.82, 2.24) is 0 Å². The summed E-state index contributed by atoms with van der Waals surface area (Å²) >= 11 is 0. The fourth-order valence-corrected chi connectivity index (χ4v) is 1.74. The Morgan fingerprint density at radius 1 is 0.938 bits per heavy atom. The fourth-order valence-electron chi connectivity index (χ4n) is 1.74. The molecule has 0 amide bonds. The zero-order chi connectivity index (χ0) is 12.4. The Bertz CT molecular complexity index is 157. The van der Waals surface area contributed by atoms with Gasteiger partial charge >= 0.3 is 0 Å². The van der Waals surface area contributed by atoms with E-state index in [2.05, 4.69) is 6.92 Å². The standard InChI is InChI=1S/C12H27NO3/c1-3-4-5-6-7-8-9-10-11-12(2)13(14,15)16/h12,14-15H,3-11H2,1-2H3. The minimum absolute atomic E-state index is 0.575. The summed E-state index contributed by atoms with van der Waals surface area (Å²) in [6, 6.07) is -0.639. The van der Waals surface area contributed by atoms with Gasteiger partial charge < -0.3 is 5.21 Å². The maximum Gasteiger partial charge on any atom is 0.149 e. The third-order valence-electron chi connectivity index (χ3n) is 3.05. The number of hydroxylamine groups is 3. The molecule has 1 atom stereocenters. The molecule has 0 heterocycles. The van der Waals surface area contributed by atoms with Gasteiger partial charge in [0.2, 0.25) is 0 Å². The number of quaternary nitrogens is 1. The van der Waals surface area contributed by atoms with Crippen LogP contribution < -0.4 is 0 Å². The lowest BCUT2D eigenvalue weighted by Gasteiger charge is -2.30. The normalized spacial score (nSPS) is 14.1. The molecule has 0 spiro atoms. The van der Waals surface area contributed by atoms with Crippen molar-refractivity contribution < 1.29 is 15.4 Å². The number of nitrogens with zero attached hydrogens (tertiary/aromatic N) is 1. The third kappa shape index (κ3) is 9.09. The van der Waals surface area contributed by atoms with Crippen LogP contribution in [0.1, 0.15) is 71.6 Å². The van der Waals surface area contributed by atoms with E-state index in [1.807, 2.05) is 0 Å². The molecule has 0 saturated heterocycles. The minimum atomic E-state index is -2.14. The van der Waals surface area contributed by atoms with E-state index >= 15 is 0 Å². The molecule has 1 unspecified atom stereocenters. The maximum absolute atomic E-state index is 10.7. The van der Waals surface area contributed by atoms with Crippen molar-refractivity contribution in [2.24, 2.45) is 0 Å². The van der Waals surface area contributed by atoms with Crippen molar-refractivity contribution in [2.75, 3.05) is 0 Å². The van der Waals surface area contributed by atoms with Gasteiger partial charge in [-0.25, -0.2) is 0 Å². The second-order valence-corrected chi connectivity index (χ2v) is 4.70. The van der Waals surface area contributed by atoms with Gasteiger partial charge in [-0.05, 0) is 13.3 Å². The van der Waals surface area contributed by atoms with Crippen LogP contribution in [0, 0.1) is 5.21 Å². The van der Waals surface area contributed by atoms with Crippen LogP contribution in [0.2, 0.25) is 0 Å². The summed E-state index contributed by atoms with van der Waals surface area (Å²) < 4.78 is 0. The van der Waals surface area contributed by atoms with E-state index in [1.165, 1.54) is 38.5 Å². The van der Waals surface area contributed by atoms with Crippen LogP contribution in [0.5, 0.6) is 0 Å². The van der Waals surface area contributed by atoms with Crippen LogP contribution >= 0.6 is 0 Å². The Morgan fingerprint density at radius 3 is 1.81 bits per heavy atom. The van der Waals surface area contributed by atoms with E-state index in [9.17, 15) is 5.21 Å². The molecule has 0 rings (SSSR count). The summed E-state index contributed by atoms with van der Waals surface area (Å²) in [6.45, 7) is 3.77. The number of unbranched alkanes of at least 4 members (excludes halogenated alkanes) is 7. The molecule has 16 heavy (non-hydrogen) atoms. The van der Waals surface area contributed by atoms with Crippen molar-refractivity contribution in [3.8, 4) is 0 Å². The van der Waals surface area contributed by atoms with Crippen molar-refractivity contribution >= 4 is 0 Å². The van der Waals surface area contributed by atoms with Crippen LogP contribution in [0.25, 0.3) is 0 Å². The summed E-state index contributed by atoms with van der Waals surface area (Å²) in [5.41, 5.74) is 0. The first kappa shape index (κ1) is 15.8. The Balaban J connectivity index is 3.21. The molecule has 0 aliphatic rings. The monoisotopic (exact) mass is 233 g/mol. The van der Waals surface area contributed by atoms with Crippen molar-refractivity contribution in [1.29, 1.82) is 0 Å². The second-order valence-electron chi connectivity index (χ2n) is 4.70. The molecule has 0 bridgehead atoms. The molecule has 0 radical (unpaired) electrons. The highest BCUT2D eigenvalue weighted by Gasteiger charge is 2.20. The number of hydrogen-bond donors (Lipinski definition) is 2. The molecule has 98 valence electrons. The van der Waals surface area contributed by atoms with Gasteiger partial charge in [0.25, 0.3) is 0 Å². The first-order valence-corrected chi connectivity index (χ1v) is 6.53. The van der Waals surface area contributed by atoms with E-state index in [-0.39, 0.29) is 0 Å². The average molecular weight is 233 g/mol. The van der Waals surface area contributed by atoms with Crippen LogP contribution in [0.3, 0.4) is 0 Å². The molecule has 2 N–H and O–H groups in total. The Labute approximate surface area is 99.0 Å². The lowest BCUT2D eigenvalue weighted by Crippen LogP contribution is -2.42. The van der Waals surface area contributed by atoms with Gasteiger partial charge in [-0.1, -0.05) is 56.8 Å². The highest BCUT2D eigenvalue weighted by Crippen LogP contribution is 2.14. The van der Waals surface area contributed by atoms with Crippen LogP contribution in [0.4, 0.5) is 0 Å². The summed E-state index contributed by atoms with van der Waals surface area (Å²) in [6.07, 6.45) is 10.2. The van der Waals surface area contributed by atoms with Crippen LogP contribution in [0.15, 0.2) is 0 Å². The summed E-state index contributed by atoms with van der Waals surface area (Å²) in [4.78, 5) is -2.14. The highest BCUT2D eigenvalue weighted by molar-refractivity contribution is 4.51. The topological polar surface area (TPSA) is 63.5 Å². The molecular formula is C12H27NO3. The lowest BCUT2D eigenvalue weighted by molar-refractivity contribution is -1.23. The van der Waals surface area contributed by atoms with Crippen molar-refractivity contribution in [2.45, 2.75) is 77.7 Å². The van der Waals surface area contributed by atoms with E-state index in [0.29, 0.717) is 6.42 Å². The van der Waals surface area contributed by atoms with Crippen molar-refractivity contribution in [3.05, 3.63) is 5.21 Å². The van der Waals surface area contributed by atoms with Gasteiger partial charge in [0.15, 0.2) is 0 Å². The molecule has 4 nitrogen and oxygen atoms in total. The Kier molecular flexibility index (Phi) is 8.84. The molecule has 0 saturated carbocycles. The predicted molar refractivity (Wildman–Crippen MR) is 63.9 cm³/mol. The van der Waals surface area contributed by atoms with Gasteiger partial charge in [-0.3, -0.25) is 0 Å². The largest absolute Gasteiger partial charge is 0.564 e. The molecule has 0 aliphatic heterocycles. The molecular weight excluding hydrogens is 206 g/mol. The fraction of sp³-hybridized carbons (Fsp3) is 1.00. The first-order chi connectivity index (χ1) is 7.48.